The van der Waals surface area contributed by atoms with Crippen LogP contribution in [0.25, 0.3) is 11.0 Å². The van der Waals surface area contributed by atoms with Crippen molar-refractivity contribution in [3.8, 4) is 0 Å². The molecule has 2 nitrogen and oxygen atoms in total. The Morgan fingerprint density at radius 1 is 1.50 bits per heavy atom. The molecule has 2 heterocycles. The van der Waals surface area contributed by atoms with Crippen LogP contribution in [0.2, 0.25) is 0 Å². The molecule has 0 spiro atoms. The van der Waals surface area contributed by atoms with Gasteiger partial charge in [-0.25, -0.2) is 4.39 Å². The number of hydrogen-bond acceptors (Lipinski definition) is 1. The molecule has 0 atom stereocenters. The zero-order valence-electron chi connectivity index (χ0n) is 5.13. The molecule has 10 heavy (non-hydrogen) atoms. The summed E-state index contributed by atoms with van der Waals surface area (Å²) in [6, 6.07) is 3.55. The highest BCUT2D eigenvalue weighted by Crippen LogP contribution is 2.11. The molecule has 0 aromatic carbocycles. The Bertz CT molecular complexity index is 353. The fourth-order valence-electron chi connectivity index (χ4n) is 0.922. The van der Waals surface area contributed by atoms with E-state index in [1.165, 1.54) is 6.20 Å². The number of aromatic amines is 1. The average Bonchev–Trinajstić information content (AvgIpc) is 2.34. The van der Waals surface area contributed by atoms with E-state index in [-0.39, 0.29) is 5.82 Å². The quantitative estimate of drug-likeness (QED) is 0.586. The number of rotatable bonds is 0. The Hall–Kier alpha value is -1.38. The number of pyridine rings is 1. The van der Waals surface area contributed by atoms with E-state index in [2.05, 4.69) is 9.97 Å². The van der Waals surface area contributed by atoms with Crippen LogP contribution in [0.3, 0.4) is 0 Å². The molecule has 0 aliphatic heterocycles. The Morgan fingerprint density at radius 2 is 2.40 bits per heavy atom. The van der Waals surface area contributed by atoms with Crippen molar-refractivity contribution in [2.45, 2.75) is 0 Å². The first-order chi connectivity index (χ1) is 4.88. The summed E-state index contributed by atoms with van der Waals surface area (Å²) in [6.07, 6.45) is 2.87. The van der Waals surface area contributed by atoms with E-state index in [0.29, 0.717) is 5.52 Å². The average molecular weight is 136 g/mol. The van der Waals surface area contributed by atoms with Gasteiger partial charge in [0.15, 0.2) is 5.82 Å². The van der Waals surface area contributed by atoms with Crippen molar-refractivity contribution in [3.05, 3.63) is 30.3 Å². The van der Waals surface area contributed by atoms with Crippen molar-refractivity contribution in [1.29, 1.82) is 0 Å². The minimum Gasteiger partial charge on any atom is -0.357 e. The molecular weight excluding hydrogens is 131 g/mol. The van der Waals surface area contributed by atoms with E-state index in [9.17, 15) is 4.39 Å². The molecule has 0 saturated heterocycles. The second kappa shape index (κ2) is 1.80. The summed E-state index contributed by atoms with van der Waals surface area (Å²) in [5.74, 6) is -0.296. The molecule has 50 valence electrons. The third kappa shape index (κ3) is 0.603. The van der Waals surface area contributed by atoms with Gasteiger partial charge in [-0.2, -0.15) is 0 Å². The van der Waals surface area contributed by atoms with Crippen LogP contribution >= 0.6 is 0 Å². The first-order valence-electron chi connectivity index (χ1n) is 2.95. The minimum absolute atomic E-state index is 0.296. The van der Waals surface area contributed by atoms with Crippen LogP contribution in [-0.2, 0) is 0 Å². The van der Waals surface area contributed by atoms with Gasteiger partial charge in [0, 0.05) is 12.4 Å². The van der Waals surface area contributed by atoms with Crippen molar-refractivity contribution in [2.75, 3.05) is 0 Å². The largest absolute Gasteiger partial charge is 0.357 e. The Balaban J connectivity index is 2.93. The van der Waals surface area contributed by atoms with Gasteiger partial charge in [-0.15, -0.1) is 0 Å². The number of hydrogen-bond donors (Lipinski definition) is 1. The second-order valence-corrected chi connectivity index (χ2v) is 2.04. The number of H-pyrrole nitrogens is 1. The highest BCUT2D eigenvalue weighted by molar-refractivity contribution is 5.74. The van der Waals surface area contributed by atoms with Crippen molar-refractivity contribution >= 4 is 11.0 Å². The summed E-state index contributed by atoms with van der Waals surface area (Å²) in [5, 5.41) is 0. The highest BCUT2D eigenvalue weighted by atomic mass is 19.1. The summed E-state index contributed by atoms with van der Waals surface area (Å²) < 4.78 is 12.7. The molecule has 2 rings (SSSR count). The van der Waals surface area contributed by atoms with Gasteiger partial charge in [-0.3, -0.25) is 4.98 Å². The monoisotopic (exact) mass is 136 g/mol. The lowest BCUT2D eigenvalue weighted by Gasteiger charge is -1.84. The summed E-state index contributed by atoms with van der Waals surface area (Å²) in [7, 11) is 0. The standard InChI is InChI=1S/C7H5FN2/c8-5-4-10-6-2-1-3-9-7(5)6/h1-4,10H. The van der Waals surface area contributed by atoms with Crippen LogP contribution in [0.1, 0.15) is 0 Å². The van der Waals surface area contributed by atoms with Crippen LogP contribution < -0.4 is 0 Å². The maximum Gasteiger partial charge on any atom is 0.166 e. The van der Waals surface area contributed by atoms with Crippen LogP contribution in [0.5, 0.6) is 0 Å². The lowest BCUT2D eigenvalue weighted by Crippen LogP contribution is -1.73. The smallest absolute Gasteiger partial charge is 0.166 e. The number of aromatic nitrogens is 2. The highest BCUT2D eigenvalue weighted by Gasteiger charge is 2.00. The van der Waals surface area contributed by atoms with Crippen molar-refractivity contribution in [3.63, 3.8) is 0 Å². The summed E-state index contributed by atoms with van der Waals surface area (Å²) in [5.41, 5.74) is 1.14. The number of halogens is 1. The maximum absolute atomic E-state index is 12.7. The van der Waals surface area contributed by atoms with Gasteiger partial charge in [0.1, 0.15) is 5.52 Å². The molecule has 2 aromatic rings. The summed E-state index contributed by atoms with van der Waals surface area (Å²) >= 11 is 0. The zero-order chi connectivity index (χ0) is 6.97. The lowest BCUT2D eigenvalue weighted by molar-refractivity contribution is 0.637. The van der Waals surface area contributed by atoms with Crippen LogP contribution in [0, 0.1) is 5.82 Å². The predicted molar refractivity (Wildman–Crippen MR) is 36.1 cm³/mol. The molecule has 0 aliphatic carbocycles. The van der Waals surface area contributed by atoms with Crippen molar-refractivity contribution in [2.24, 2.45) is 0 Å². The van der Waals surface area contributed by atoms with Crippen LogP contribution in [0.15, 0.2) is 24.5 Å². The molecular formula is C7H5FN2. The topological polar surface area (TPSA) is 28.7 Å². The molecule has 0 unspecified atom stereocenters. The van der Waals surface area contributed by atoms with Gasteiger partial charge in [0.25, 0.3) is 0 Å². The molecule has 0 aliphatic rings. The molecule has 0 amide bonds. The Labute approximate surface area is 56.7 Å². The zero-order valence-corrected chi connectivity index (χ0v) is 5.13. The molecule has 1 N–H and O–H groups in total. The first kappa shape index (κ1) is 5.41. The number of fused-ring (bicyclic) bond motifs is 1. The molecule has 0 radical (unpaired) electrons. The van der Waals surface area contributed by atoms with E-state index in [1.54, 1.807) is 18.3 Å². The van der Waals surface area contributed by atoms with E-state index in [1.807, 2.05) is 0 Å². The van der Waals surface area contributed by atoms with Gasteiger partial charge >= 0.3 is 0 Å². The van der Waals surface area contributed by atoms with Gasteiger partial charge in [0.05, 0.1) is 5.52 Å². The first-order valence-corrected chi connectivity index (χ1v) is 2.95. The van der Waals surface area contributed by atoms with Crippen molar-refractivity contribution in [1.82, 2.24) is 9.97 Å². The van der Waals surface area contributed by atoms with E-state index in [4.69, 9.17) is 0 Å². The van der Waals surface area contributed by atoms with Crippen molar-refractivity contribution < 1.29 is 4.39 Å². The predicted octanol–water partition coefficient (Wildman–Crippen LogP) is 1.70. The van der Waals surface area contributed by atoms with Crippen LogP contribution in [0.4, 0.5) is 4.39 Å². The van der Waals surface area contributed by atoms with E-state index >= 15 is 0 Å². The SMILES string of the molecule is Fc1c[nH]c2cccnc12. The minimum atomic E-state index is -0.296. The molecule has 3 heteroatoms. The lowest BCUT2D eigenvalue weighted by atomic mass is 10.4. The maximum atomic E-state index is 12.7. The second-order valence-electron chi connectivity index (χ2n) is 2.04. The number of nitrogens with one attached hydrogen (secondary N) is 1. The molecule has 0 saturated carbocycles. The van der Waals surface area contributed by atoms with Gasteiger partial charge in [-0.1, -0.05) is 0 Å². The molecule has 2 aromatic heterocycles. The van der Waals surface area contributed by atoms with Gasteiger partial charge < -0.3 is 4.98 Å². The van der Waals surface area contributed by atoms with Crippen LogP contribution in [-0.4, -0.2) is 9.97 Å². The van der Waals surface area contributed by atoms with E-state index < -0.39 is 0 Å². The fraction of sp³-hybridized carbons (Fsp3) is 0. The molecule has 0 fully saturated rings. The normalized spacial score (nSPS) is 10.5. The third-order valence-electron chi connectivity index (χ3n) is 1.39. The van der Waals surface area contributed by atoms with Gasteiger partial charge in [-0.05, 0) is 12.1 Å². The number of nitrogens with zero attached hydrogens (tertiary/aromatic N) is 1. The third-order valence-corrected chi connectivity index (χ3v) is 1.39. The van der Waals surface area contributed by atoms with Gasteiger partial charge in [0.2, 0.25) is 0 Å². The summed E-state index contributed by atoms with van der Waals surface area (Å²) in [4.78, 5) is 6.58. The fourth-order valence-corrected chi connectivity index (χ4v) is 0.922. The Kier molecular flexibility index (Phi) is 0.974. The van der Waals surface area contributed by atoms with E-state index in [0.717, 1.165) is 5.52 Å². The summed E-state index contributed by atoms with van der Waals surface area (Å²) in [6.45, 7) is 0. The Morgan fingerprint density at radius 3 is 3.20 bits per heavy atom. The molecule has 0 bridgehead atoms.